The number of anilines is 2. The van der Waals surface area contributed by atoms with Crippen molar-refractivity contribution in [3.05, 3.63) is 71.8 Å². The molecule has 0 aliphatic rings. The third kappa shape index (κ3) is 3.12. The number of aryl methyl sites for hydroxylation is 1. The molecule has 4 aromatic rings. The number of hydrogen-bond donors (Lipinski definition) is 2. The first-order valence-electron chi connectivity index (χ1n) is 8.38. The van der Waals surface area contributed by atoms with Gasteiger partial charge in [-0.2, -0.15) is 5.26 Å². The average molecular weight is 370 g/mol. The zero-order valence-electron chi connectivity index (χ0n) is 14.8. The van der Waals surface area contributed by atoms with Gasteiger partial charge in [-0.25, -0.2) is 19.7 Å². The Labute approximate surface area is 159 Å². The summed E-state index contributed by atoms with van der Waals surface area (Å²) in [6.07, 6.45) is 1.65. The van der Waals surface area contributed by atoms with Crippen LogP contribution in [0, 0.1) is 18.3 Å². The fourth-order valence-electron chi connectivity index (χ4n) is 2.81. The molecular formula is C20H14N6O2. The van der Waals surface area contributed by atoms with E-state index in [1.807, 2.05) is 16.7 Å². The number of nitrogens with one attached hydrogen (secondary N) is 1. The molecule has 136 valence electrons. The van der Waals surface area contributed by atoms with Gasteiger partial charge in [0.2, 0.25) is 0 Å². The number of benzene rings is 2. The van der Waals surface area contributed by atoms with Gasteiger partial charge in [-0.1, -0.05) is 0 Å². The molecule has 2 N–H and O–H groups in total. The van der Waals surface area contributed by atoms with Crippen molar-refractivity contribution in [1.29, 1.82) is 5.26 Å². The lowest BCUT2D eigenvalue weighted by Crippen LogP contribution is -2.02. The largest absolute Gasteiger partial charge is 0.478 e. The maximum Gasteiger partial charge on any atom is 0.335 e. The highest BCUT2D eigenvalue weighted by Gasteiger charge is 2.13. The Morgan fingerprint density at radius 2 is 1.82 bits per heavy atom. The number of carbonyl (C=O) groups is 1. The molecule has 2 aromatic heterocycles. The molecule has 0 saturated carbocycles. The van der Waals surface area contributed by atoms with Crippen molar-refractivity contribution in [1.82, 2.24) is 19.5 Å². The summed E-state index contributed by atoms with van der Waals surface area (Å²) in [4.78, 5) is 24.4. The van der Waals surface area contributed by atoms with E-state index < -0.39 is 5.97 Å². The van der Waals surface area contributed by atoms with Gasteiger partial charge in [0.15, 0.2) is 17.0 Å². The number of hydrogen-bond acceptors (Lipinski definition) is 6. The molecule has 0 spiro atoms. The van der Waals surface area contributed by atoms with Crippen LogP contribution in [0.5, 0.6) is 0 Å². The van der Waals surface area contributed by atoms with Crippen LogP contribution < -0.4 is 5.32 Å². The van der Waals surface area contributed by atoms with Crippen LogP contribution in [0.1, 0.15) is 21.7 Å². The minimum atomic E-state index is -0.979. The summed E-state index contributed by atoms with van der Waals surface area (Å²) in [6.45, 7) is 1.79. The van der Waals surface area contributed by atoms with Gasteiger partial charge < -0.3 is 10.4 Å². The van der Waals surface area contributed by atoms with Gasteiger partial charge in [0.05, 0.1) is 17.2 Å². The van der Waals surface area contributed by atoms with E-state index in [-0.39, 0.29) is 5.56 Å². The average Bonchev–Trinajstić information content (AvgIpc) is 3.12. The first kappa shape index (κ1) is 17.2. The lowest BCUT2D eigenvalue weighted by atomic mass is 10.2. The molecule has 0 unspecified atom stereocenters. The van der Waals surface area contributed by atoms with E-state index in [4.69, 9.17) is 10.4 Å². The lowest BCUT2D eigenvalue weighted by molar-refractivity contribution is 0.0697. The van der Waals surface area contributed by atoms with E-state index in [1.165, 1.54) is 12.1 Å². The summed E-state index contributed by atoms with van der Waals surface area (Å²) in [5.41, 5.74) is 3.51. The minimum Gasteiger partial charge on any atom is -0.478 e. The highest BCUT2D eigenvalue weighted by molar-refractivity contribution is 5.89. The molecular weight excluding hydrogens is 356 g/mol. The molecule has 2 heterocycles. The summed E-state index contributed by atoms with van der Waals surface area (Å²) >= 11 is 0. The Kier molecular flexibility index (Phi) is 4.18. The first-order chi connectivity index (χ1) is 13.5. The zero-order chi connectivity index (χ0) is 19.7. The number of aromatic carboxylic acids is 1. The molecule has 0 aliphatic heterocycles. The Hall–Kier alpha value is -4.25. The summed E-state index contributed by atoms with van der Waals surface area (Å²) < 4.78 is 1.82. The molecule has 0 radical (unpaired) electrons. The molecule has 8 nitrogen and oxygen atoms in total. The van der Waals surface area contributed by atoms with Crippen LogP contribution in [0.15, 0.2) is 54.9 Å². The third-order valence-corrected chi connectivity index (χ3v) is 4.18. The van der Waals surface area contributed by atoms with E-state index in [2.05, 4.69) is 26.3 Å². The number of carboxylic acids is 1. The topological polar surface area (TPSA) is 117 Å². The van der Waals surface area contributed by atoms with Crippen LogP contribution in [-0.4, -0.2) is 30.6 Å². The van der Waals surface area contributed by atoms with Crippen LogP contribution in [0.4, 0.5) is 11.5 Å². The predicted octanol–water partition coefficient (Wildman–Crippen LogP) is 3.44. The SMILES string of the molecule is Cc1nc(Nc2ccc(C(=O)O)cc2)c2ncn(-c3ccc(C#N)cc3)c2n1. The standard InChI is InChI=1S/C20H14N6O2/c1-12-23-18(25-15-6-4-14(5-7-15)20(27)28)17-19(24-12)26(11-22-17)16-8-2-13(10-21)3-9-16/h2-9,11H,1H3,(H,27,28)(H,23,24,25). The van der Waals surface area contributed by atoms with Gasteiger partial charge in [-0.3, -0.25) is 4.57 Å². The molecule has 0 amide bonds. The molecule has 0 fully saturated rings. The molecule has 8 heteroatoms. The van der Waals surface area contributed by atoms with Crippen LogP contribution in [0.3, 0.4) is 0 Å². The van der Waals surface area contributed by atoms with Crippen LogP contribution in [-0.2, 0) is 0 Å². The fraction of sp³-hybridized carbons (Fsp3) is 0.0500. The maximum atomic E-state index is 11.0. The van der Waals surface area contributed by atoms with Crippen LogP contribution in [0.25, 0.3) is 16.9 Å². The second-order valence-corrected chi connectivity index (χ2v) is 6.07. The monoisotopic (exact) mass is 370 g/mol. The second-order valence-electron chi connectivity index (χ2n) is 6.07. The van der Waals surface area contributed by atoms with Crippen molar-refractivity contribution in [3.63, 3.8) is 0 Å². The summed E-state index contributed by atoms with van der Waals surface area (Å²) in [5.74, 6) is 0.110. The van der Waals surface area contributed by atoms with E-state index >= 15 is 0 Å². The first-order valence-corrected chi connectivity index (χ1v) is 8.38. The van der Waals surface area contributed by atoms with Crippen molar-refractivity contribution >= 4 is 28.6 Å². The van der Waals surface area contributed by atoms with Crippen molar-refractivity contribution < 1.29 is 9.90 Å². The van der Waals surface area contributed by atoms with Crippen molar-refractivity contribution in [2.45, 2.75) is 6.92 Å². The zero-order valence-corrected chi connectivity index (χ0v) is 14.8. The normalized spacial score (nSPS) is 10.6. The minimum absolute atomic E-state index is 0.208. The highest BCUT2D eigenvalue weighted by Crippen LogP contribution is 2.25. The third-order valence-electron chi connectivity index (χ3n) is 4.18. The van der Waals surface area contributed by atoms with Gasteiger partial charge in [-0.15, -0.1) is 0 Å². The number of fused-ring (bicyclic) bond motifs is 1. The lowest BCUT2D eigenvalue weighted by Gasteiger charge is -2.09. The quantitative estimate of drug-likeness (QED) is 0.565. The molecule has 4 rings (SSSR count). The molecule has 0 aliphatic carbocycles. The number of carboxylic acid groups (broad SMARTS) is 1. The van der Waals surface area contributed by atoms with E-state index in [1.54, 1.807) is 37.5 Å². The van der Waals surface area contributed by atoms with Gasteiger partial charge >= 0.3 is 5.97 Å². The van der Waals surface area contributed by atoms with Crippen molar-refractivity contribution in [2.75, 3.05) is 5.32 Å². The number of rotatable bonds is 4. The Bertz CT molecular complexity index is 1220. The van der Waals surface area contributed by atoms with Crippen molar-refractivity contribution in [3.8, 4) is 11.8 Å². The Morgan fingerprint density at radius 3 is 2.46 bits per heavy atom. The van der Waals surface area contributed by atoms with Crippen LogP contribution in [0.2, 0.25) is 0 Å². The summed E-state index contributed by atoms with van der Waals surface area (Å²) in [5, 5.41) is 21.2. The molecule has 2 aromatic carbocycles. The number of nitrogens with zero attached hydrogens (tertiary/aromatic N) is 5. The smallest absolute Gasteiger partial charge is 0.335 e. The summed E-state index contributed by atoms with van der Waals surface area (Å²) in [7, 11) is 0. The van der Waals surface area contributed by atoms with Gasteiger partial charge in [0, 0.05) is 11.4 Å². The number of nitriles is 1. The van der Waals surface area contributed by atoms with Gasteiger partial charge in [-0.05, 0) is 55.5 Å². The van der Waals surface area contributed by atoms with Gasteiger partial charge in [0.25, 0.3) is 0 Å². The van der Waals surface area contributed by atoms with E-state index in [0.717, 1.165) is 5.69 Å². The number of imidazole rings is 1. The van der Waals surface area contributed by atoms with E-state index in [9.17, 15) is 4.79 Å². The highest BCUT2D eigenvalue weighted by atomic mass is 16.4. The van der Waals surface area contributed by atoms with Crippen LogP contribution >= 0.6 is 0 Å². The summed E-state index contributed by atoms with van der Waals surface area (Å²) in [6, 6.07) is 15.6. The maximum absolute atomic E-state index is 11.0. The van der Waals surface area contributed by atoms with Gasteiger partial charge in [0.1, 0.15) is 12.2 Å². The molecule has 0 bridgehead atoms. The predicted molar refractivity (Wildman–Crippen MR) is 103 cm³/mol. The second kappa shape index (κ2) is 6.81. The molecule has 0 atom stereocenters. The fourth-order valence-corrected chi connectivity index (χ4v) is 2.81. The van der Waals surface area contributed by atoms with E-state index in [0.29, 0.717) is 34.1 Å². The number of aromatic nitrogens is 4. The van der Waals surface area contributed by atoms with Crippen molar-refractivity contribution in [2.24, 2.45) is 0 Å². The molecule has 28 heavy (non-hydrogen) atoms. The molecule has 0 saturated heterocycles. The Morgan fingerprint density at radius 1 is 1.11 bits per heavy atom. The Balaban J connectivity index is 1.74.